The largest absolute Gasteiger partial charge is 0.425 e. The Morgan fingerprint density at radius 1 is 1.23 bits per heavy atom. The van der Waals surface area contributed by atoms with E-state index in [1.165, 1.54) is 25.7 Å². The molecule has 0 atom stereocenters. The average molecular weight is 180 g/mol. The van der Waals surface area contributed by atoms with Crippen molar-refractivity contribution in [1.29, 1.82) is 0 Å². The zero-order valence-corrected chi connectivity index (χ0v) is 8.29. The van der Waals surface area contributed by atoms with Gasteiger partial charge in [0, 0.05) is 11.8 Å². The second-order valence-electron chi connectivity index (χ2n) is 4.11. The molecule has 13 heavy (non-hydrogen) atoms. The summed E-state index contributed by atoms with van der Waals surface area (Å²) in [5.41, 5.74) is 0. The lowest BCUT2D eigenvalue weighted by atomic mass is 10.1. The lowest BCUT2D eigenvalue weighted by molar-refractivity contribution is 0.403. The molecule has 0 spiro atoms. The highest BCUT2D eigenvalue weighted by molar-refractivity contribution is 4.95. The number of nitrogens with zero attached hydrogens (tertiary/aromatic N) is 2. The Morgan fingerprint density at radius 3 is 2.46 bits per heavy atom. The molecule has 1 aliphatic rings. The van der Waals surface area contributed by atoms with Crippen LogP contribution in [-0.2, 0) is 0 Å². The van der Waals surface area contributed by atoms with Crippen LogP contribution in [0, 0.1) is 0 Å². The van der Waals surface area contributed by atoms with Crippen LogP contribution in [0.1, 0.15) is 63.1 Å². The van der Waals surface area contributed by atoms with Crippen molar-refractivity contribution >= 4 is 0 Å². The molecule has 3 nitrogen and oxygen atoms in total. The maximum Gasteiger partial charge on any atom is 0.219 e. The molecule has 1 aromatic rings. The SMILES string of the molecule is CC(C)c1nnc(C2CCCC2)o1. The molecule has 0 aromatic carbocycles. The highest BCUT2D eigenvalue weighted by Gasteiger charge is 2.23. The zero-order valence-electron chi connectivity index (χ0n) is 8.29. The minimum atomic E-state index is 0.350. The fourth-order valence-corrected chi connectivity index (χ4v) is 1.82. The van der Waals surface area contributed by atoms with Gasteiger partial charge in [-0.15, -0.1) is 10.2 Å². The molecule has 0 N–H and O–H groups in total. The summed E-state index contributed by atoms with van der Waals surface area (Å²) in [5, 5.41) is 8.15. The van der Waals surface area contributed by atoms with E-state index in [0.717, 1.165) is 11.8 Å². The summed E-state index contributed by atoms with van der Waals surface area (Å²) in [6.07, 6.45) is 5.06. The Bertz CT molecular complexity index is 274. The minimum absolute atomic E-state index is 0.350. The van der Waals surface area contributed by atoms with E-state index in [2.05, 4.69) is 24.0 Å². The first-order chi connectivity index (χ1) is 6.27. The fourth-order valence-electron chi connectivity index (χ4n) is 1.82. The van der Waals surface area contributed by atoms with Gasteiger partial charge in [-0.25, -0.2) is 0 Å². The van der Waals surface area contributed by atoms with Gasteiger partial charge in [0.2, 0.25) is 11.8 Å². The highest BCUT2D eigenvalue weighted by atomic mass is 16.4. The molecule has 1 saturated carbocycles. The molecule has 1 fully saturated rings. The second-order valence-corrected chi connectivity index (χ2v) is 4.11. The summed E-state index contributed by atoms with van der Waals surface area (Å²) >= 11 is 0. The third-order valence-corrected chi connectivity index (χ3v) is 2.65. The number of aromatic nitrogens is 2. The van der Waals surface area contributed by atoms with E-state index in [1.54, 1.807) is 0 Å². The van der Waals surface area contributed by atoms with Crippen molar-refractivity contribution in [2.75, 3.05) is 0 Å². The van der Waals surface area contributed by atoms with Gasteiger partial charge in [-0.1, -0.05) is 26.7 Å². The molecule has 0 aliphatic heterocycles. The Labute approximate surface area is 78.5 Å². The quantitative estimate of drug-likeness (QED) is 0.702. The Hall–Kier alpha value is -0.860. The van der Waals surface area contributed by atoms with Crippen LogP contribution in [0.3, 0.4) is 0 Å². The van der Waals surface area contributed by atoms with E-state index in [4.69, 9.17) is 4.42 Å². The summed E-state index contributed by atoms with van der Waals surface area (Å²) in [7, 11) is 0. The average Bonchev–Trinajstić information content (AvgIpc) is 2.75. The number of rotatable bonds is 2. The van der Waals surface area contributed by atoms with Crippen LogP contribution in [0.15, 0.2) is 4.42 Å². The lowest BCUT2D eigenvalue weighted by Gasteiger charge is -2.01. The summed E-state index contributed by atoms with van der Waals surface area (Å²) < 4.78 is 5.61. The van der Waals surface area contributed by atoms with Gasteiger partial charge in [0.25, 0.3) is 0 Å². The smallest absolute Gasteiger partial charge is 0.219 e. The van der Waals surface area contributed by atoms with Gasteiger partial charge in [-0.05, 0) is 12.8 Å². The molecule has 2 rings (SSSR count). The predicted octanol–water partition coefficient (Wildman–Crippen LogP) is 2.85. The van der Waals surface area contributed by atoms with E-state index in [1.807, 2.05) is 0 Å². The molecule has 1 aromatic heterocycles. The van der Waals surface area contributed by atoms with Gasteiger partial charge in [0.1, 0.15) is 0 Å². The van der Waals surface area contributed by atoms with Gasteiger partial charge in [-0.3, -0.25) is 0 Å². The Balaban J connectivity index is 2.12. The summed E-state index contributed by atoms with van der Waals surface area (Å²) in [4.78, 5) is 0. The molecule has 3 heteroatoms. The third kappa shape index (κ3) is 1.74. The van der Waals surface area contributed by atoms with E-state index in [-0.39, 0.29) is 0 Å². The first-order valence-corrected chi connectivity index (χ1v) is 5.10. The molecule has 72 valence electrons. The highest BCUT2D eigenvalue weighted by Crippen LogP contribution is 2.33. The zero-order chi connectivity index (χ0) is 9.26. The van der Waals surface area contributed by atoms with Gasteiger partial charge in [-0.2, -0.15) is 0 Å². The molecule has 0 saturated heterocycles. The van der Waals surface area contributed by atoms with E-state index in [9.17, 15) is 0 Å². The molecule has 0 bridgehead atoms. The summed E-state index contributed by atoms with van der Waals surface area (Å²) in [6, 6.07) is 0. The van der Waals surface area contributed by atoms with Gasteiger partial charge in [0.15, 0.2) is 0 Å². The number of hydrogen-bond donors (Lipinski definition) is 0. The molecular weight excluding hydrogens is 164 g/mol. The van der Waals surface area contributed by atoms with Crippen LogP contribution in [0.25, 0.3) is 0 Å². The second kappa shape index (κ2) is 3.48. The van der Waals surface area contributed by atoms with Crippen LogP contribution in [0.4, 0.5) is 0 Å². The van der Waals surface area contributed by atoms with Gasteiger partial charge in [0.05, 0.1) is 0 Å². The first-order valence-electron chi connectivity index (χ1n) is 5.10. The third-order valence-electron chi connectivity index (χ3n) is 2.65. The van der Waals surface area contributed by atoms with Crippen LogP contribution < -0.4 is 0 Å². The Morgan fingerprint density at radius 2 is 1.92 bits per heavy atom. The van der Waals surface area contributed by atoms with Crippen LogP contribution in [0.5, 0.6) is 0 Å². The Kier molecular flexibility index (Phi) is 2.34. The van der Waals surface area contributed by atoms with Crippen LogP contribution in [-0.4, -0.2) is 10.2 Å². The van der Waals surface area contributed by atoms with Crippen molar-refractivity contribution in [2.24, 2.45) is 0 Å². The van der Waals surface area contributed by atoms with E-state index in [0.29, 0.717) is 11.8 Å². The molecule has 1 heterocycles. The van der Waals surface area contributed by atoms with Crippen molar-refractivity contribution in [1.82, 2.24) is 10.2 Å². The lowest BCUT2D eigenvalue weighted by Crippen LogP contribution is -1.91. The minimum Gasteiger partial charge on any atom is -0.425 e. The standard InChI is InChI=1S/C10H16N2O/c1-7(2)9-11-12-10(13-9)8-5-3-4-6-8/h7-8H,3-6H2,1-2H3. The van der Waals surface area contributed by atoms with Crippen molar-refractivity contribution < 1.29 is 4.42 Å². The van der Waals surface area contributed by atoms with E-state index < -0.39 is 0 Å². The molecule has 1 aliphatic carbocycles. The topological polar surface area (TPSA) is 38.9 Å². The maximum absolute atomic E-state index is 5.61. The van der Waals surface area contributed by atoms with Crippen LogP contribution in [0.2, 0.25) is 0 Å². The summed E-state index contributed by atoms with van der Waals surface area (Å²) in [6.45, 7) is 4.15. The molecule has 0 unspecified atom stereocenters. The van der Waals surface area contributed by atoms with Gasteiger partial charge < -0.3 is 4.42 Å². The van der Waals surface area contributed by atoms with Crippen molar-refractivity contribution in [3.05, 3.63) is 11.8 Å². The van der Waals surface area contributed by atoms with Gasteiger partial charge >= 0.3 is 0 Å². The normalized spacial score (nSPS) is 18.7. The maximum atomic E-state index is 5.61. The monoisotopic (exact) mass is 180 g/mol. The number of hydrogen-bond acceptors (Lipinski definition) is 3. The fraction of sp³-hybridized carbons (Fsp3) is 0.800. The molecule has 0 radical (unpaired) electrons. The van der Waals surface area contributed by atoms with Crippen molar-refractivity contribution in [3.63, 3.8) is 0 Å². The molecule has 0 amide bonds. The van der Waals surface area contributed by atoms with Crippen LogP contribution >= 0.6 is 0 Å². The summed E-state index contributed by atoms with van der Waals surface area (Å²) in [5.74, 6) is 2.53. The van der Waals surface area contributed by atoms with Crippen molar-refractivity contribution in [3.8, 4) is 0 Å². The molecular formula is C10H16N2O. The van der Waals surface area contributed by atoms with E-state index >= 15 is 0 Å². The van der Waals surface area contributed by atoms with Crippen molar-refractivity contribution in [2.45, 2.75) is 51.4 Å². The predicted molar refractivity (Wildman–Crippen MR) is 49.6 cm³/mol. The first kappa shape index (κ1) is 8.73.